The number of carbonyl (C=O) groups is 1. The third-order valence-corrected chi connectivity index (χ3v) is 3.75. The standard InChI is InChI=1S/C16H23FN2O/c1-13(2)16(20)19-9-5-8-18(10-11-19)12-14-6-3-4-7-15(14)17/h3-4,6-7,13H,5,8-12H2,1-2H3. The van der Waals surface area contributed by atoms with Gasteiger partial charge in [-0.05, 0) is 12.5 Å². The second-order valence-electron chi connectivity index (χ2n) is 5.70. The molecule has 4 heteroatoms. The maximum atomic E-state index is 13.7. The predicted molar refractivity (Wildman–Crippen MR) is 77.7 cm³/mol. The molecule has 3 nitrogen and oxygen atoms in total. The van der Waals surface area contributed by atoms with Crippen LogP contribution < -0.4 is 0 Å². The molecule has 0 atom stereocenters. The molecule has 0 aromatic heterocycles. The molecule has 2 rings (SSSR count). The van der Waals surface area contributed by atoms with E-state index in [1.807, 2.05) is 30.9 Å². The number of carbonyl (C=O) groups excluding carboxylic acids is 1. The summed E-state index contributed by atoms with van der Waals surface area (Å²) in [7, 11) is 0. The molecular formula is C16H23FN2O. The number of benzene rings is 1. The number of rotatable bonds is 3. The molecule has 1 aliphatic heterocycles. The average molecular weight is 278 g/mol. The molecule has 0 N–H and O–H groups in total. The number of hydrogen-bond donors (Lipinski definition) is 0. The van der Waals surface area contributed by atoms with Gasteiger partial charge in [0.15, 0.2) is 0 Å². The Morgan fingerprint density at radius 3 is 2.65 bits per heavy atom. The summed E-state index contributed by atoms with van der Waals surface area (Å²) in [6.45, 7) is 7.77. The molecule has 0 aliphatic carbocycles. The van der Waals surface area contributed by atoms with E-state index in [4.69, 9.17) is 0 Å². The van der Waals surface area contributed by atoms with Crippen molar-refractivity contribution in [2.45, 2.75) is 26.8 Å². The number of amides is 1. The summed E-state index contributed by atoms with van der Waals surface area (Å²) in [6.07, 6.45) is 0.951. The molecule has 1 aromatic carbocycles. The Kier molecular flexibility index (Phi) is 5.12. The Morgan fingerprint density at radius 1 is 1.20 bits per heavy atom. The van der Waals surface area contributed by atoms with Crippen molar-refractivity contribution in [3.05, 3.63) is 35.6 Å². The SMILES string of the molecule is CC(C)C(=O)N1CCCN(Cc2ccccc2F)CC1. The smallest absolute Gasteiger partial charge is 0.225 e. The van der Waals surface area contributed by atoms with Crippen LogP contribution >= 0.6 is 0 Å². The van der Waals surface area contributed by atoms with Crippen LogP contribution in [0.2, 0.25) is 0 Å². The van der Waals surface area contributed by atoms with E-state index in [2.05, 4.69) is 4.90 Å². The number of halogens is 1. The average Bonchev–Trinajstić information content (AvgIpc) is 2.66. The lowest BCUT2D eigenvalue weighted by Gasteiger charge is -2.23. The largest absolute Gasteiger partial charge is 0.341 e. The third-order valence-electron chi connectivity index (χ3n) is 3.75. The third kappa shape index (κ3) is 3.79. The molecule has 1 amide bonds. The van der Waals surface area contributed by atoms with Gasteiger partial charge >= 0.3 is 0 Å². The topological polar surface area (TPSA) is 23.6 Å². The normalized spacial score (nSPS) is 17.3. The van der Waals surface area contributed by atoms with Crippen LogP contribution in [0.5, 0.6) is 0 Å². The first kappa shape index (κ1) is 15.0. The van der Waals surface area contributed by atoms with Crippen molar-refractivity contribution in [3.63, 3.8) is 0 Å². The van der Waals surface area contributed by atoms with Gasteiger partial charge in [-0.3, -0.25) is 9.69 Å². The molecule has 1 heterocycles. The molecule has 1 saturated heterocycles. The molecule has 0 unspecified atom stereocenters. The van der Waals surface area contributed by atoms with E-state index in [-0.39, 0.29) is 17.6 Å². The van der Waals surface area contributed by atoms with Gasteiger partial charge in [0, 0.05) is 44.2 Å². The Morgan fingerprint density at radius 2 is 1.95 bits per heavy atom. The first-order valence-corrected chi connectivity index (χ1v) is 7.32. The molecule has 1 aromatic rings. The van der Waals surface area contributed by atoms with Crippen LogP contribution in [0.4, 0.5) is 4.39 Å². The van der Waals surface area contributed by atoms with Crippen molar-refractivity contribution in [2.24, 2.45) is 5.92 Å². The molecule has 0 radical (unpaired) electrons. The lowest BCUT2D eigenvalue weighted by Crippen LogP contribution is -2.37. The highest BCUT2D eigenvalue weighted by molar-refractivity contribution is 5.78. The van der Waals surface area contributed by atoms with E-state index in [1.54, 1.807) is 6.07 Å². The molecule has 110 valence electrons. The van der Waals surface area contributed by atoms with Gasteiger partial charge in [-0.25, -0.2) is 4.39 Å². The highest BCUT2D eigenvalue weighted by atomic mass is 19.1. The molecule has 0 bridgehead atoms. The molecule has 1 aliphatic rings. The summed E-state index contributed by atoms with van der Waals surface area (Å²) in [5, 5.41) is 0. The lowest BCUT2D eigenvalue weighted by atomic mass is 10.2. The van der Waals surface area contributed by atoms with Crippen molar-refractivity contribution in [1.29, 1.82) is 0 Å². The van der Waals surface area contributed by atoms with Gasteiger partial charge in [-0.15, -0.1) is 0 Å². The van der Waals surface area contributed by atoms with Crippen LogP contribution in [-0.4, -0.2) is 41.9 Å². The summed E-state index contributed by atoms with van der Waals surface area (Å²) in [5.41, 5.74) is 0.733. The maximum Gasteiger partial charge on any atom is 0.225 e. The molecule has 0 spiro atoms. The first-order chi connectivity index (χ1) is 9.58. The van der Waals surface area contributed by atoms with Crippen molar-refractivity contribution < 1.29 is 9.18 Å². The summed E-state index contributed by atoms with van der Waals surface area (Å²) < 4.78 is 13.7. The Labute approximate surface area is 120 Å². The van der Waals surface area contributed by atoms with Gasteiger partial charge in [0.25, 0.3) is 0 Å². The van der Waals surface area contributed by atoms with Gasteiger partial charge in [0.05, 0.1) is 0 Å². The highest BCUT2D eigenvalue weighted by Gasteiger charge is 2.21. The number of hydrogen-bond acceptors (Lipinski definition) is 2. The lowest BCUT2D eigenvalue weighted by molar-refractivity contribution is -0.134. The van der Waals surface area contributed by atoms with E-state index in [0.717, 1.165) is 38.2 Å². The second-order valence-corrected chi connectivity index (χ2v) is 5.70. The van der Waals surface area contributed by atoms with Gasteiger partial charge in [0.2, 0.25) is 5.91 Å². The zero-order valence-corrected chi connectivity index (χ0v) is 12.3. The maximum absolute atomic E-state index is 13.7. The van der Waals surface area contributed by atoms with Gasteiger partial charge in [0.1, 0.15) is 5.82 Å². The van der Waals surface area contributed by atoms with Gasteiger partial charge in [-0.2, -0.15) is 0 Å². The van der Waals surface area contributed by atoms with Gasteiger partial charge in [-0.1, -0.05) is 32.0 Å². The van der Waals surface area contributed by atoms with Crippen LogP contribution in [0, 0.1) is 11.7 Å². The minimum absolute atomic E-state index is 0.0492. The molecule has 0 saturated carbocycles. The van der Waals surface area contributed by atoms with Crippen LogP contribution in [-0.2, 0) is 11.3 Å². The summed E-state index contributed by atoms with van der Waals surface area (Å²) in [6, 6.07) is 6.91. The molecular weight excluding hydrogens is 255 g/mol. The van der Waals surface area contributed by atoms with E-state index in [0.29, 0.717) is 6.54 Å². The van der Waals surface area contributed by atoms with E-state index < -0.39 is 0 Å². The van der Waals surface area contributed by atoms with Crippen LogP contribution in [0.15, 0.2) is 24.3 Å². The minimum Gasteiger partial charge on any atom is -0.341 e. The fourth-order valence-corrected chi connectivity index (χ4v) is 2.58. The van der Waals surface area contributed by atoms with E-state index >= 15 is 0 Å². The zero-order valence-electron chi connectivity index (χ0n) is 12.3. The monoisotopic (exact) mass is 278 g/mol. The van der Waals surface area contributed by atoms with Crippen molar-refractivity contribution in [1.82, 2.24) is 9.80 Å². The minimum atomic E-state index is -0.146. The number of nitrogens with zero attached hydrogens (tertiary/aromatic N) is 2. The summed E-state index contributed by atoms with van der Waals surface area (Å²) >= 11 is 0. The zero-order chi connectivity index (χ0) is 14.5. The van der Waals surface area contributed by atoms with Crippen molar-refractivity contribution in [3.8, 4) is 0 Å². The fraction of sp³-hybridized carbons (Fsp3) is 0.562. The van der Waals surface area contributed by atoms with E-state index in [1.165, 1.54) is 6.07 Å². The Balaban J connectivity index is 1.93. The summed E-state index contributed by atoms with van der Waals surface area (Å²) in [4.78, 5) is 16.2. The molecule has 20 heavy (non-hydrogen) atoms. The summed E-state index contributed by atoms with van der Waals surface area (Å²) in [5.74, 6) is 0.123. The Bertz CT molecular complexity index is 462. The van der Waals surface area contributed by atoms with E-state index in [9.17, 15) is 9.18 Å². The Hall–Kier alpha value is -1.42. The van der Waals surface area contributed by atoms with Crippen LogP contribution in [0.1, 0.15) is 25.8 Å². The fourth-order valence-electron chi connectivity index (χ4n) is 2.58. The highest BCUT2D eigenvalue weighted by Crippen LogP contribution is 2.13. The van der Waals surface area contributed by atoms with Gasteiger partial charge < -0.3 is 4.90 Å². The predicted octanol–water partition coefficient (Wildman–Crippen LogP) is 2.52. The van der Waals surface area contributed by atoms with Crippen molar-refractivity contribution >= 4 is 5.91 Å². The van der Waals surface area contributed by atoms with Crippen LogP contribution in [0.3, 0.4) is 0 Å². The van der Waals surface area contributed by atoms with Crippen LogP contribution in [0.25, 0.3) is 0 Å². The van der Waals surface area contributed by atoms with Crippen molar-refractivity contribution in [2.75, 3.05) is 26.2 Å². The first-order valence-electron chi connectivity index (χ1n) is 7.32. The second kappa shape index (κ2) is 6.84. The quantitative estimate of drug-likeness (QED) is 0.848. The molecule has 1 fully saturated rings.